The summed E-state index contributed by atoms with van der Waals surface area (Å²) < 4.78 is 0. The summed E-state index contributed by atoms with van der Waals surface area (Å²) in [5.41, 5.74) is 3.20. The minimum absolute atomic E-state index is 0.670. The zero-order valence-corrected chi connectivity index (χ0v) is 11.1. The maximum Gasteiger partial charge on any atom is 0.223 e. The Labute approximate surface area is 110 Å². The van der Waals surface area contributed by atoms with Crippen LogP contribution in [0.15, 0.2) is 35.7 Å². The number of rotatable bonds is 2. The van der Waals surface area contributed by atoms with Crippen molar-refractivity contribution in [1.29, 1.82) is 0 Å². The number of benzene rings is 1. The van der Waals surface area contributed by atoms with Crippen LogP contribution in [0.1, 0.15) is 5.69 Å². The molecule has 90 valence electrons. The molecule has 1 N–H and O–H groups in total. The molecule has 2 aromatic heterocycles. The fraction of sp³-hybridized carbons (Fsp3) is 0.143. The minimum Gasteiger partial charge on any atom is -0.357 e. The second-order valence-corrected chi connectivity index (χ2v) is 5.04. The first-order chi connectivity index (χ1) is 8.78. The molecule has 3 rings (SSSR count). The van der Waals surface area contributed by atoms with Crippen LogP contribution in [0.4, 0.5) is 5.95 Å². The molecule has 0 aliphatic carbocycles. The van der Waals surface area contributed by atoms with Gasteiger partial charge in [-0.3, -0.25) is 0 Å². The van der Waals surface area contributed by atoms with Crippen LogP contribution in [-0.4, -0.2) is 17.0 Å². The molecule has 0 atom stereocenters. The van der Waals surface area contributed by atoms with Gasteiger partial charge in [0, 0.05) is 17.3 Å². The molecule has 3 nitrogen and oxygen atoms in total. The van der Waals surface area contributed by atoms with Gasteiger partial charge in [-0.05, 0) is 36.1 Å². The molecule has 0 fully saturated rings. The van der Waals surface area contributed by atoms with Gasteiger partial charge >= 0.3 is 0 Å². The van der Waals surface area contributed by atoms with Gasteiger partial charge < -0.3 is 5.32 Å². The van der Waals surface area contributed by atoms with Gasteiger partial charge in [-0.1, -0.05) is 12.1 Å². The number of hydrogen-bond donors (Lipinski definition) is 1. The zero-order chi connectivity index (χ0) is 12.5. The first-order valence-corrected chi connectivity index (χ1v) is 6.66. The fourth-order valence-electron chi connectivity index (χ4n) is 1.99. The molecule has 0 spiro atoms. The Kier molecular flexibility index (Phi) is 2.72. The molecular formula is C14H13N3S. The van der Waals surface area contributed by atoms with Gasteiger partial charge in [0.05, 0.1) is 11.2 Å². The molecular weight excluding hydrogens is 242 g/mol. The molecule has 3 aromatic rings. The molecule has 0 amide bonds. The van der Waals surface area contributed by atoms with Gasteiger partial charge in [0.25, 0.3) is 0 Å². The van der Waals surface area contributed by atoms with E-state index in [4.69, 9.17) is 0 Å². The van der Waals surface area contributed by atoms with E-state index in [1.165, 1.54) is 10.4 Å². The van der Waals surface area contributed by atoms with E-state index in [1.54, 1.807) is 11.3 Å². The summed E-state index contributed by atoms with van der Waals surface area (Å²) in [5.74, 6) is 0.670. The molecule has 0 saturated heterocycles. The first-order valence-electron chi connectivity index (χ1n) is 5.78. The van der Waals surface area contributed by atoms with E-state index < -0.39 is 0 Å². The van der Waals surface area contributed by atoms with E-state index in [0.717, 1.165) is 16.6 Å². The molecule has 4 heteroatoms. The summed E-state index contributed by atoms with van der Waals surface area (Å²) in [6.45, 7) is 2.02. The van der Waals surface area contributed by atoms with Gasteiger partial charge in [-0.2, -0.15) is 0 Å². The lowest BCUT2D eigenvalue weighted by atomic mass is 10.1. The number of anilines is 1. The Hall–Kier alpha value is -1.94. The third kappa shape index (κ3) is 1.84. The molecule has 18 heavy (non-hydrogen) atoms. The summed E-state index contributed by atoms with van der Waals surface area (Å²) >= 11 is 1.74. The third-order valence-corrected chi connectivity index (χ3v) is 3.83. The molecule has 2 heterocycles. The van der Waals surface area contributed by atoms with Gasteiger partial charge in [0.1, 0.15) is 0 Å². The van der Waals surface area contributed by atoms with E-state index in [9.17, 15) is 0 Å². The second kappa shape index (κ2) is 4.38. The average Bonchev–Trinajstić information content (AvgIpc) is 2.92. The summed E-state index contributed by atoms with van der Waals surface area (Å²) in [6, 6.07) is 10.5. The van der Waals surface area contributed by atoms with Gasteiger partial charge in [-0.15, -0.1) is 11.3 Å². The average molecular weight is 255 g/mol. The molecule has 0 saturated carbocycles. The number of fused-ring (bicyclic) bond motifs is 1. The first kappa shape index (κ1) is 11.2. The highest BCUT2D eigenvalue weighted by Crippen LogP contribution is 2.28. The summed E-state index contributed by atoms with van der Waals surface area (Å²) in [4.78, 5) is 10.2. The summed E-state index contributed by atoms with van der Waals surface area (Å²) in [6.07, 6.45) is 0. The monoisotopic (exact) mass is 255 g/mol. The van der Waals surface area contributed by atoms with Crippen LogP contribution in [-0.2, 0) is 0 Å². The molecule has 0 unspecified atom stereocenters. The maximum atomic E-state index is 4.46. The highest BCUT2D eigenvalue weighted by atomic mass is 32.1. The quantitative estimate of drug-likeness (QED) is 0.758. The van der Waals surface area contributed by atoms with Crippen LogP contribution in [0.2, 0.25) is 0 Å². The van der Waals surface area contributed by atoms with E-state index in [2.05, 4.69) is 51.0 Å². The van der Waals surface area contributed by atoms with E-state index in [0.29, 0.717) is 5.95 Å². The number of nitrogens with zero attached hydrogens (tertiary/aromatic N) is 2. The van der Waals surface area contributed by atoms with Crippen molar-refractivity contribution in [2.45, 2.75) is 6.92 Å². The number of aryl methyl sites for hydroxylation is 1. The van der Waals surface area contributed by atoms with Crippen LogP contribution < -0.4 is 5.32 Å². The highest BCUT2D eigenvalue weighted by Gasteiger charge is 2.06. The van der Waals surface area contributed by atoms with Crippen LogP contribution in [0, 0.1) is 6.92 Å². The number of thiophene rings is 1. The van der Waals surface area contributed by atoms with E-state index >= 15 is 0 Å². The molecule has 0 bridgehead atoms. The Bertz CT molecular complexity index is 690. The summed E-state index contributed by atoms with van der Waals surface area (Å²) in [5, 5.41) is 6.18. The third-order valence-electron chi connectivity index (χ3n) is 2.92. The second-order valence-electron chi connectivity index (χ2n) is 4.09. The van der Waals surface area contributed by atoms with Crippen LogP contribution in [0.25, 0.3) is 21.3 Å². The number of hydrogen-bond acceptors (Lipinski definition) is 4. The normalized spacial score (nSPS) is 10.8. The van der Waals surface area contributed by atoms with Crippen molar-refractivity contribution < 1.29 is 0 Å². The molecule has 0 aliphatic rings. The SMILES string of the molecule is CNc1nc(C)c2cc(-c3cccs3)ccc2n1. The van der Waals surface area contributed by atoms with E-state index in [1.807, 2.05) is 14.0 Å². The van der Waals surface area contributed by atoms with Crippen molar-refractivity contribution in [3.63, 3.8) is 0 Å². The summed E-state index contributed by atoms with van der Waals surface area (Å²) in [7, 11) is 1.83. The van der Waals surface area contributed by atoms with Crippen molar-refractivity contribution >= 4 is 28.2 Å². The minimum atomic E-state index is 0.670. The fourth-order valence-corrected chi connectivity index (χ4v) is 2.71. The van der Waals surface area contributed by atoms with E-state index in [-0.39, 0.29) is 0 Å². The van der Waals surface area contributed by atoms with Crippen molar-refractivity contribution in [2.24, 2.45) is 0 Å². The zero-order valence-electron chi connectivity index (χ0n) is 10.3. The smallest absolute Gasteiger partial charge is 0.223 e. The standard InChI is InChI=1S/C14H13N3S/c1-9-11-8-10(13-4-3-7-18-13)5-6-12(11)17-14(15-2)16-9/h3-8H,1-2H3,(H,15,16,17). The van der Waals surface area contributed by atoms with Gasteiger partial charge in [0.15, 0.2) is 0 Å². The molecule has 0 radical (unpaired) electrons. The number of aromatic nitrogens is 2. The topological polar surface area (TPSA) is 37.8 Å². The maximum absolute atomic E-state index is 4.46. The lowest BCUT2D eigenvalue weighted by Crippen LogP contribution is -1.98. The number of nitrogens with one attached hydrogen (secondary N) is 1. The predicted molar refractivity (Wildman–Crippen MR) is 77.1 cm³/mol. The highest BCUT2D eigenvalue weighted by molar-refractivity contribution is 7.13. The van der Waals surface area contributed by atoms with Gasteiger partial charge in [0.2, 0.25) is 5.95 Å². The largest absolute Gasteiger partial charge is 0.357 e. The predicted octanol–water partition coefficient (Wildman–Crippen LogP) is 3.71. The van der Waals surface area contributed by atoms with Crippen LogP contribution in [0.5, 0.6) is 0 Å². The van der Waals surface area contributed by atoms with Gasteiger partial charge in [-0.25, -0.2) is 9.97 Å². The van der Waals surface area contributed by atoms with Crippen LogP contribution >= 0.6 is 11.3 Å². The lowest BCUT2D eigenvalue weighted by Gasteiger charge is -2.06. The van der Waals surface area contributed by atoms with Crippen molar-refractivity contribution in [3.05, 3.63) is 41.4 Å². The molecule has 1 aromatic carbocycles. The van der Waals surface area contributed by atoms with Crippen molar-refractivity contribution in [2.75, 3.05) is 12.4 Å². The Morgan fingerprint density at radius 3 is 2.78 bits per heavy atom. The van der Waals surface area contributed by atoms with Crippen molar-refractivity contribution in [3.8, 4) is 10.4 Å². The lowest BCUT2D eigenvalue weighted by molar-refractivity contribution is 1.14. The Balaban J connectivity index is 2.21. The van der Waals surface area contributed by atoms with Crippen LogP contribution in [0.3, 0.4) is 0 Å². The Morgan fingerprint density at radius 2 is 2.06 bits per heavy atom. The molecule has 0 aliphatic heterocycles. The Morgan fingerprint density at radius 1 is 1.17 bits per heavy atom. The van der Waals surface area contributed by atoms with Crippen molar-refractivity contribution in [1.82, 2.24) is 9.97 Å².